The van der Waals surface area contributed by atoms with E-state index < -0.39 is 12.7 Å². The number of alkyl halides is 6. The van der Waals surface area contributed by atoms with Crippen LogP contribution in [0.25, 0.3) is 22.3 Å². The highest BCUT2D eigenvalue weighted by Crippen LogP contribution is 2.34. The molecule has 0 saturated carbocycles. The molecule has 0 saturated heterocycles. The van der Waals surface area contributed by atoms with E-state index in [1.807, 2.05) is 0 Å². The van der Waals surface area contributed by atoms with Gasteiger partial charge in [0.05, 0.1) is 4.47 Å². The van der Waals surface area contributed by atoms with Crippen LogP contribution in [-0.4, -0.2) is 22.7 Å². The molecule has 0 N–H and O–H groups in total. The Bertz CT molecular complexity index is 1220. The van der Waals surface area contributed by atoms with Gasteiger partial charge >= 0.3 is 12.7 Å². The summed E-state index contributed by atoms with van der Waals surface area (Å²) < 4.78 is 80.0. The Kier molecular flexibility index (Phi) is 8.34. The summed E-state index contributed by atoms with van der Waals surface area (Å²) in [7, 11) is 0. The summed E-state index contributed by atoms with van der Waals surface area (Å²) in [6.07, 6.45) is -2.88. The molecule has 0 radical (unpaired) electrons. The molecular weight excluding hydrogens is 542 g/mol. The molecule has 0 fully saturated rings. The fourth-order valence-electron chi connectivity index (χ4n) is 2.83. The van der Waals surface area contributed by atoms with E-state index in [4.69, 9.17) is 0 Å². The number of nitrogens with zero attached hydrogens (tertiary/aromatic N) is 2. The van der Waals surface area contributed by atoms with Crippen LogP contribution in [0.4, 0.5) is 26.3 Å². The summed E-state index contributed by atoms with van der Waals surface area (Å²) in [5.41, 5.74) is 3.34. The molecule has 11 heteroatoms. The Labute approximate surface area is 204 Å². The Balaban J connectivity index is 0.000000196. The van der Waals surface area contributed by atoms with Crippen molar-refractivity contribution in [1.82, 2.24) is 9.97 Å². The zero-order valence-corrected chi connectivity index (χ0v) is 19.1. The Morgan fingerprint density at radius 3 is 1.43 bits per heavy atom. The lowest BCUT2D eigenvalue weighted by molar-refractivity contribution is -0.275. The van der Waals surface area contributed by atoms with Gasteiger partial charge < -0.3 is 9.47 Å². The molecule has 0 unspecified atom stereocenters. The molecule has 0 atom stereocenters. The summed E-state index contributed by atoms with van der Waals surface area (Å²) >= 11 is 3.06. The molecule has 35 heavy (non-hydrogen) atoms. The largest absolute Gasteiger partial charge is 0.573 e. The van der Waals surface area contributed by atoms with Crippen molar-refractivity contribution in [3.05, 3.63) is 96.0 Å². The maximum absolute atomic E-state index is 12.1. The van der Waals surface area contributed by atoms with Gasteiger partial charge in [0.2, 0.25) is 0 Å². The van der Waals surface area contributed by atoms with Crippen LogP contribution < -0.4 is 9.47 Å². The predicted octanol–water partition coefficient (Wildman–Crippen LogP) is 8.06. The quantitative estimate of drug-likeness (QED) is 0.238. The number of hydrogen-bond donors (Lipinski definition) is 0. The average molecular weight is 557 g/mol. The molecule has 2 aromatic carbocycles. The number of aromatic nitrogens is 2. The van der Waals surface area contributed by atoms with Crippen molar-refractivity contribution in [3.63, 3.8) is 0 Å². The topological polar surface area (TPSA) is 44.2 Å². The highest BCUT2D eigenvalue weighted by Gasteiger charge is 2.32. The number of pyridine rings is 2. The van der Waals surface area contributed by atoms with E-state index in [1.165, 1.54) is 18.2 Å². The van der Waals surface area contributed by atoms with Crippen molar-refractivity contribution < 1.29 is 35.8 Å². The molecular formula is C24H15BrF6N2O2. The van der Waals surface area contributed by atoms with Crippen LogP contribution in [0.2, 0.25) is 0 Å². The number of halogens is 7. The van der Waals surface area contributed by atoms with Gasteiger partial charge in [0.1, 0.15) is 11.5 Å². The van der Waals surface area contributed by atoms with Gasteiger partial charge in [-0.1, -0.05) is 18.2 Å². The average Bonchev–Trinajstić information content (AvgIpc) is 2.81. The third-order valence-electron chi connectivity index (χ3n) is 4.27. The summed E-state index contributed by atoms with van der Waals surface area (Å²) in [5, 5.41) is 0. The SMILES string of the molecule is FC(F)(F)Oc1ccc(-c2ccncc2)cc1.FC(F)(F)Oc1ccc(-c2ccncc2)cc1Br. The van der Waals surface area contributed by atoms with Crippen molar-refractivity contribution in [2.75, 3.05) is 0 Å². The van der Waals surface area contributed by atoms with Gasteiger partial charge in [0.15, 0.2) is 0 Å². The lowest BCUT2D eigenvalue weighted by Gasteiger charge is -2.11. The molecule has 0 aliphatic rings. The first kappa shape index (κ1) is 26.0. The van der Waals surface area contributed by atoms with Gasteiger partial charge in [0.25, 0.3) is 0 Å². The fraction of sp³-hybridized carbons (Fsp3) is 0.0833. The van der Waals surface area contributed by atoms with E-state index in [0.29, 0.717) is 0 Å². The van der Waals surface area contributed by atoms with Crippen LogP contribution in [0, 0.1) is 0 Å². The standard InChI is InChI=1S/C12H7BrF3NO.C12H8F3NO/c13-10-7-9(8-3-5-17-6-4-8)1-2-11(10)18-12(14,15)16;13-12(14,15)17-11-3-1-9(2-4-11)10-5-7-16-8-6-10/h1-7H;1-8H. The molecule has 0 bridgehead atoms. The molecule has 0 aliphatic carbocycles. The second-order valence-electron chi connectivity index (χ2n) is 6.74. The van der Waals surface area contributed by atoms with Crippen molar-refractivity contribution in [1.29, 1.82) is 0 Å². The van der Waals surface area contributed by atoms with Crippen LogP contribution in [0.5, 0.6) is 11.5 Å². The van der Waals surface area contributed by atoms with Crippen LogP contribution in [-0.2, 0) is 0 Å². The Hall–Kier alpha value is -3.60. The van der Waals surface area contributed by atoms with Crippen LogP contribution in [0.1, 0.15) is 0 Å². The second kappa shape index (κ2) is 11.2. The van der Waals surface area contributed by atoms with E-state index in [0.717, 1.165) is 22.3 Å². The lowest BCUT2D eigenvalue weighted by Crippen LogP contribution is -2.17. The fourth-order valence-corrected chi connectivity index (χ4v) is 3.29. The third-order valence-corrected chi connectivity index (χ3v) is 4.89. The normalized spacial score (nSPS) is 11.3. The first-order valence-corrected chi connectivity index (χ1v) is 10.5. The zero-order chi connectivity index (χ0) is 25.5. The Morgan fingerprint density at radius 2 is 0.971 bits per heavy atom. The van der Waals surface area contributed by atoms with Crippen molar-refractivity contribution >= 4 is 15.9 Å². The molecule has 2 aromatic heterocycles. The summed E-state index contributed by atoms with van der Waals surface area (Å²) in [6.45, 7) is 0. The van der Waals surface area contributed by atoms with Gasteiger partial charge in [-0.25, -0.2) is 0 Å². The molecule has 4 nitrogen and oxygen atoms in total. The van der Waals surface area contributed by atoms with Gasteiger partial charge in [0, 0.05) is 24.8 Å². The number of benzene rings is 2. The number of ether oxygens (including phenoxy) is 2. The van der Waals surface area contributed by atoms with Crippen LogP contribution in [0.15, 0.2) is 96.0 Å². The number of hydrogen-bond acceptors (Lipinski definition) is 4. The summed E-state index contributed by atoms with van der Waals surface area (Å²) in [5.74, 6) is -0.490. The monoisotopic (exact) mass is 556 g/mol. The molecule has 4 rings (SSSR count). The van der Waals surface area contributed by atoms with E-state index in [-0.39, 0.29) is 16.0 Å². The molecule has 4 aromatic rings. The molecule has 0 aliphatic heterocycles. The highest BCUT2D eigenvalue weighted by molar-refractivity contribution is 9.10. The van der Waals surface area contributed by atoms with E-state index in [2.05, 4.69) is 35.4 Å². The Morgan fingerprint density at radius 1 is 0.543 bits per heavy atom. The smallest absolute Gasteiger partial charge is 0.406 e. The highest BCUT2D eigenvalue weighted by atomic mass is 79.9. The second-order valence-corrected chi connectivity index (χ2v) is 7.59. The van der Waals surface area contributed by atoms with Crippen molar-refractivity contribution in [3.8, 4) is 33.8 Å². The third kappa shape index (κ3) is 8.60. The van der Waals surface area contributed by atoms with Crippen molar-refractivity contribution in [2.24, 2.45) is 0 Å². The van der Waals surface area contributed by atoms with Gasteiger partial charge in [-0.15, -0.1) is 26.3 Å². The minimum absolute atomic E-state index is 0.227. The van der Waals surface area contributed by atoms with E-state index in [1.54, 1.807) is 73.3 Å². The van der Waals surface area contributed by atoms with Crippen LogP contribution >= 0.6 is 15.9 Å². The van der Waals surface area contributed by atoms with E-state index in [9.17, 15) is 26.3 Å². The number of rotatable bonds is 4. The maximum atomic E-state index is 12.1. The zero-order valence-electron chi connectivity index (χ0n) is 17.5. The molecule has 0 spiro atoms. The molecule has 0 amide bonds. The van der Waals surface area contributed by atoms with E-state index >= 15 is 0 Å². The minimum atomic E-state index is -4.69. The van der Waals surface area contributed by atoms with Gasteiger partial charge in [-0.3, -0.25) is 9.97 Å². The first-order valence-electron chi connectivity index (χ1n) is 9.72. The van der Waals surface area contributed by atoms with Gasteiger partial charge in [-0.2, -0.15) is 0 Å². The van der Waals surface area contributed by atoms with Crippen molar-refractivity contribution in [2.45, 2.75) is 12.7 Å². The summed E-state index contributed by atoms with van der Waals surface area (Å²) in [6, 6.07) is 17.2. The van der Waals surface area contributed by atoms with Gasteiger partial charge in [-0.05, 0) is 86.7 Å². The van der Waals surface area contributed by atoms with Crippen LogP contribution in [0.3, 0.4) is 0 Å². The minimum Gasteiger partial charge on any atom is -0.406 e. The predicted molar refractivity (Wildman–Crippen MR) is 120 cm³/mol. The molecule has 2 heterocycles. The molecule has 182 valence electrons. The first-order chi connectivity index (χ1) is 16.5. The summed E-state index contributed by atoms with van der Waals surface area (Å²) in [4.78, 5) is 7.74. The lowest BCUT2D eigenvalue weighted by atomic mass is 10.1. The maximum Gasteiger partial charge on any atom is 0.573 e.